The summed E-state index contributed by atoms with van der Waals surface area (Å²) in [6, 6.07) is 5.03. The highest BCUT2D eigenvalue weighted by molar-refractivity contribution is 5.75. The number of hydrogen-bond acceptors (Lipinski definition) is 5. The molecule has 1 aromatic rings. The maximum absolute atomic E-state index is 11.1. The maximum Gasteiger partial charge on any atom is 0.315 e. The van der Waals surface area contributed by atoms with Gasteiger partial charge in [0.2, 0.25) is 6.54 Å². The molecule has 0 amide bonds. The quantitative estimate of drug-likeness (QED) is 0.387. The first-order chi connectivity index (χ1) is 9.63. The van der Waals surface area contributed by atoms with Gasteiger partial charge in [0.1, 0.15) is 11.4 Å². The predicted molar refractivity (Wildman–Crippen MR) is 77.6 cm³/mol. The summed E-state index contributed by atoms with van der Waals surface area (Å²) in [6.07, 6.45) is 0. The van der Waals surface area contributed by atoms with Crippen LogP contribution in [0.15, 0.2) is 18.2 Å². The molecule has 1 aromatic carbocycles. The molecular formula is C13H17N5O2. The fraction of sp³-hybridized carbons (Fsp3) is 0.462. The Bertz CT molecular complexity index is 532. The van der Waals surface area contributed by atoms with Crippen molar-refractivity contribution in [2.45, 2.75) is 0 Å². The minimum Gasteiger partial charge on any atom is -0.393 e. The molecule has 1 heterocycles. The van der Waals surface area contributed by atoms with Crippen LogP contribution in [-0.4, -0.2) is 49.1 Å². The SMILES string of the molecule is [C-]#[N+]CCN1CCN(c2cccc(N)c2[N+](=O)[O-])CC1. The summed E-state index contributed by atoms with van der Waals surface area (Å²) in [7, 11) is 0. The van der Waals surface area contributed by atoms with E-state index in [1.807, 2.05) is 4.90 Å². The third-order valence-electron chi connectivity index (χ3n) is 3.47. The normalized spacial score (nSPS) is 15.8. The molecule has 0 aromatic heterocycles. The van der Waals surface area contributed by atoms with Crippen molar-refractivity contribution < 1.29 is 4.92 Å². The smallest absolute Gasteiger partial charge is 0.315 e. The number of nitro groups is 1. The summed E-state index contributed by atoms with van der Waals surface area (Å²) in [6.45, 7) is 11.1. The zero-order valence-corrected chi connectivity index (χ0v) is 11.2. The van der Waals surface area contributed by atoms with Gasteiger partial charge in [0.05, 0.1) is 11.5 Å². The molecule has 0 atom stereocenters. The molecule has 2 N–H and O–H groups in total. The third-order valence-corrected chi connectivity index (χ3v) is 3.47. The lowest BCUT2D eigenvalue weighted by molar-refractivity contribution is -0.383. The Kier molecular flexibility index (Phi) is 4.38. The fourth-order valence-corrected chi connectivity index (χ4v) is 2.41. The first-order valence-corrected chi connectivity index (χ1v) is 6.47. The number of nitrogens with zero attached hydrogens (tertiary/aromatic N) is 4. The van der Waals surface area contributed by atoms with Crippen LogP contribution >= 0.6 is 0 Å². The second-order valence-corrected chi connectivity index (χ2v) is 4.68. The third kappa shape index (κ3) is 2.97. The zero-order valence-electron chi connectivity index (χ0n) is 11.2. The minimum absolute atomic E-state index is 0.0119. The van der Waals surface area contributed by atoms with Gasteiger partial charge in [0.25, 0.3) is 0 Å². The molecule has 1 aliphatic heterocycles. The molecule has 1 aliphatic rings. The molecule has 0 bridgehead atoms. The van der Waals surface area contributed by atoms with E-state index in [4.69, 9.17) is 12.3 Å². The van der Waals surface area contributed by atoms with E-state index in [1.165, 1.54) is 0 Å². The summed E-state index contributed by atoms with van der Waals surface area (Å²) in [4.78, 5) is 18.3. The fourth-order valence-electron chi connectivity index (χ4n) is 2.41. The molecule has 7 heteroatoms. The Hall–Kier alpha value is -2.33. The number of piperazine rings is 1. The number of nitrogen functional groups attached to an aromatic ring is 1. The topological polar surface area (TPSA) is 80.0 Å². The second-order valence-electron chi connectivity index (χ2n) is 4.68. The van der Waals surface area contributed by atoms with E-state index < -0.39 is 4.92 Å². The highest BCUT2D eigenvalue weighted by Gasteiger charge is 2.25. The highest BCUT2D eigenvalue weighted by atomic mass is 16.6. The van der Waals surface area contributed by atoms with Crippen LogP contribution in [0.1, 0.15) is 0 Å². The summed E-state index contributed by atoms with van der Waals surface area (Å²) < 4.78 is 0. The Labute approximate surface area is 117 Å². The Balaban J connectivity index is 2.10. The van der Waals surface area contributed by atoms with Crippen molar-refractivity contribution in [1.82, 2.24) is 4.90 Å². The number of nitrogens with two attached hydrogens (primary N) is 1. The number of para-hydroxylation sites is 1. The van der Waals surface area contributed by atoms with Crippen LogP contribution in [0.5, 0.6) is 0 Å². The Morgan fingerprint density at radius 1 is 1.35 bits per heavy atom. The monoisotopic (exact) mass is 275 g/mol. The molecule has 0 spiro atoms. The Morgan fingerprint density at radius 3 is 2.65 bits per heavy atom. The molecule has 7 nitrogen and oxygen atoms in total. The van der Waals surface area contributed by atoms with Crippen LogP contribution in [0.3, 0.4) is 0 Å². The van der Waals surface area contributed by atoms with Gasteiger partial charge in [-0.05, 0) is 12.1 Å². The number of nitro benzene ring substituents is 1. The zero-order chi connectivity index (χ0) is 14.5. The summed E-state index contributed by atoms with van der Waals surface area (Å²) >= 11 is 0. The molecular weight excluding hydrogens is 258 g/mol. The van der Waals surface area contributed by atoms with E-state index in [2.05, 4.69) is 9.74 Å². The van der Waals surface area contributed by atoms with Crippen LogP contribution in [0.25, 0.3) is 4.85 Å². The van der Waals surface area contributed by atoms with Crippen LogP contribution in [0.4, 0.5) is 17.1 Å². The van der Waals surface area contributed by atoms with Gasteiger partial charge in [-0.15, -0.1) is 0 Å². The molecule has 0 unspecified atom stereocenters. The Morgan fingerprint density at radius 2 is 2.05 bits per heavy atom. The van der Waals surface area contributed by atoms with Crippen molar-refractivity contribution in [2.75, 3.05) is 49.9 Å². The summed E-state index contributed by atoms with van der Waals surface area (Å²) in [5.74, 6) is 0. The van der Waals surface area contributed by atoms with Crippen molar-refractivity contribution >= 4 is 17.1 Å². The van der Waals surface area contributed by atoms with Gasteiger partial charge in [-0.1, -0.05) is 6.07 Å². The van der Waals surface area contributed by atoms with Crippen LogP contribution in [0, 0.1) is 16.7 Å². The van der Waals surface area contributed by atoms with Crippen molar-refractivity contribution in [2.24, 2.45) is 0 Å². The van der Waals surface area contributed by atoms with Crippen LogP contribution < -0.4 is 10.6 Å². The molecule has 106 valence electrons. The van der Waals surface area contributed by atoms with Crippen LogP contribution in [0.2, 0.25) is 0 Å². The lowest BCUT2D eigenvalue weighted by Gasteiger charge is -2.35. The van der Waals surface area contributed by atoms with Gasteiger partial charge >= 0.3 is 5.69 Å². The first kappa shape index (κ1) is 14.1. The molecule has 2 rings (SSSR count). The standard InChI is InChI=1S/C13H17N5O2/c1-15-5-6-16-7-9-17(10-8-16)12-4-2-3-11(14)13(12)18(19)20/h2-4H,5-10,14H2. The van der Waals surface area contributed by atoms with E-state index >= 15 is 0 Å². The van der Waals surface area contributed by atoms with Crippen molar-refractivity contribution in [3.05, 3.63) is 39.7 Å². The molecule has 0 saturated carbocycles. The van der Waals surface area contributed by atoms with E-state index in [1.54, 1.807) is 18.2 Å². The molecule has 1 saturated heterocycles. The van der Waals surface area contributed by atoms with Gasteiger partial charge in [0, 0.05) is 26.2 Å². The van der Waals surface area contributed by atoms with E-state index in [-0.39, 0.29) is 11.4 Å². The van der Waals surface area contributed by atoms with E-state index in [0.717, 1.165) is 19.6 Å². The predicted octanol–water partition coefficient (Wildman–Crippen LogP) is 1.22. The van der Waals surface area contributed by atoms with Crippen molar-refractivity contribution in [3.8, 4) is 0 Å². The average Bonchev–Trinajstić information content (AvgIpc) is 2.45. The van der Waals surface area contributed by atoms with Crippen molar-refractivity contribution in [3.63, 3.8) is 0 Å². The van der Waals surface area contributed by atoms with E-state index in [0.29, 0.717) is 25.3 Å². The maximum atomic E-state index is 11.1. The van der Waals surface area contributed by atoms with Gasteiger partial charge < -0.3 is 15.5 Å². The average molecular weight is 275 g/mol. The van der Waals surface area contributed by atoms with Crippen molar-refractivity contribution in [1.29, 1.82) is 0 Å². The highest BCUT2D eigenvalue weighted by Crippen LogP contribution is 2.33. The van der Waals surface area contributed by atoms with E-state index in [9.17, 15) is 10.1 Å². The molecule has 0 aliphatic carbocycles. The lowest BCUT2D eigenvalue weighted by Crippen LogP contribution is -2.47. The number of benzene rings is 1. The van der Waals surface area contributed by atoms with Gasteiger partial charge in [-0.3, -0.25) is 15.0 Å². The first-order valence-electron chi connectivity index (χ1n) is 6.47. The number of hydrogen-bond donors (Lipinski definition) is 1. The van der Waals surface area contributed by atoms with Crippen LogP contribution in [-0.2, 0) is 0 Å². The largest absolute Gasteiger partial charge is 0.393 e. The molecule has 1 fully saturated rings. The van der Waals surface area contributed by atoms with Gasteiger partial charge in [-0.2, -0.15) is 0 Å². The van der Waals surface area contributed by atoms with Gasteiger partial charge in [-0.25, -0.2) is 6.57 Å². The summed E-state index contributed by atoms with van der Waals surface area (Å²) in [5.41, 5.74) is 6.48. The number of anilines is 2. The molecule has 20 heavy (non-hydrogen) atoms. The molecule has 0 radical (unpaired) electrons. The minimum atomic E-state index is -0.421. The van der Waals surface area contributed by atoms with Gasteiger partial charge in [0.15, 0.2) is 0 Å². The second kappa shape index (κ2) is 6.21. The summed E-state index contributed by atoms with van der Waals surface area (Å²) in [5, 5.41) is 11.1. The number of rotatable bonds is 4. The lowest BCUT2D eigenvalue weighted by atomic mass is 10.2.